The van der Waals surface area contributed by atoms with Gasteiger partial charge in [-0.05, 0) is 53.2 Å². The Labute approximate surface area is 227 Å². The van der Waals surface area contributed by atoms with Gasteiger partial charge in [0.2, 0.25) is 11.8 Å². The van der Waals surface area contributed by atoms with Crippen LogP contribution in [0.2, 0.25) is 0 Å². The van der Waals surface area contributed by atoms with Crippen molar-refractivity contribution in [2.24, 2.45) is 5.92 Å². The quantitative estimate of drug-likeness (QED) is 0.184. The van der Waals surface area contributed by atoms with Crippen molar-refractivity contribution in [2.45, 2.75) is 65.3 Å². The summed E-state index contributed by atoms with van der Waals surface area (Å²) in [6, 6.07) is 7.64. The van der Waals surface area contributed by atoms with E-state index in [9.17, 15) is 9.36 Å². The van der Waals surface area contributed by atoms with Gasteiger partial charge in [0, 0.05) is 5.92 Å². The van der Waals surface area contributed by atoms with Gasteiger partial charge in [-0.15, -0.1) is 0 Å². The number of allylic oxidation sites excluding steroid dienone is 1. The lowest BCUT2D eigenvalue weighted by molar-refractivity contribution is -0.149. The zero-order chi connectivity index (χ0) is 28.2. The molecule has 3 N–H and O–H groups in total. The van der Waals surface area contributed by atoms with E-state index >= 15 is 0 Å². The van der Waals surface area contributed by atoms with E-state index in [1.807, 2.05) is 36.6 Å². The average molecular weight is 559 g/mol. The summed E-state index contributed by atoms with van der Waals surface area (Å²) in [4.78, 5) is 25.4. The molecule has 12 nitrogen and oxygen atoms in total. The highest BCUT2D eigenvalue weighted by atomic mass is 31.2. The van der Waals surface area contributed by atoms with Crippen molar-refractivity contribution < 1.29 is 27.9 Å². The molecule has 3 aromatic rings. The third-order valence-electron chi connectivity index (χ3n) is 5.75. The fourth-order valence-corrected chi connectivity index (χ4v) is 5.61. The van der Waals surface area contributed by atoms with Crippen LogP contribution in [-0.2, 0) is 18.6 Å². The first kappa shape index (κ1) is 28.5. The zero-order valence-corrected chi connectivity index (χ0v) is 23.6. The summed E-state index contributed by atoms with van der Waals surface area (Å²) in [5, 5.41) is 2.71. The van der Waals surface area contributed by atoms with E-state index < -0.39 is 19.8 Å². The highest BCUT2D eigenvalue weighted by Gasteiger charge is 2.34. The van der Waals surface area contributed by atoms with Gasteiger partial charge in [0.05, 0.1) is 31.2 Å². The second kappa shape index (κ2) is 12.1. The number of hydrogen-bond donors (Lipinski definition) is 2. The normalized spacial score (nSPS) is 19.4. The molecule has 1 aliphatic carbocycles. The Balaban J connectivity index is 1.46. The Morgan fingerprint density at radius 2 is 1.87 bits per heavy atom. The molecule has 0 saturated carbocycles. The summed E-state index contributed by atoms with van der Waals surface area (Å²) in [5.74, 6) is 0.130. The molecule has 0 bridgehead atoms. The van der Waals surface area contributed by atoms with Crippen LogP contribution in [0, 0.1) is 5.92 Å². The molecule has 0 fully saturated rings. The monoisotopic (exact) mass is 558 g/mol. The van der Waals surface area contributed by atoms with Crippen molar-refractivity contribution in [3.8, 4) is 11.6 Å². The Kier molecular flexibility index (Phi) is 8.89. The molecule has 1 aromatic carbocycles. The number of benzene rings is 1. The highest BCUT2D eigenvalue weighted by molar-refractivity contribution is 7.52. The maximum absolute atomic E-state index is 13.7. The number of fused-ring (bicyclic) bond motifs is 1. The molecule has 210 valence electrons. The van der Waals surface area contributed by atoms with Crippen LogP contribution in [0.3, 0.4) is 0 Å². The third-order valence-corrected chi connectivity index (χ3v) is 7.39. The second-order valence-corrected chi connectivity index (χ2v) is 11.6. The van der Waals surface area contributed by atoms with Gasteiger partial charge in [0.25, 0.3) is 0 Å². The lowest BCUT2D eigenvalue weighted by Gasteiger charge is -2.24. The zero-order valence-electron chi connectivity index (χ0n) is 22.7. The molecule has 2 heterocycles. The van der Waals surface area contributed by atoms with E-state index in [0.29, 0.717) is 29.2 Å². The second-order valence-electron chi connectivity index (χ2n) is 9.86. The SMILES string of the molecule is CC(C)OC(=O)[C@H](C)N[P@@](=O)(OC[C@@H]1C=C[C@H](n2cnc3c(OC(C)C)nc(N)nc32)C1)Oc1ccccc1. The Morgan fingerprint density at radius 1 is 1.13 bits per heavy atom. The highest BCUT2D eigenvalue weighted by Crippen LogP contribution is 2.46. The summed E-state index contributed by atoms with van der Waals surface area (Å²) >= 11 is 0. The smallest absolute Gasteiger partial charge is 0.459 e. The minimum Gasteiger partial charge on any atom is -0.473 e. The Hall–Kier alpha value is -3.47. The minimum atomic E-state index is -3.95. The first-order valence-corrected chi connectivity index (χ1v) is 14.4. The number of rotatable bonds is 12. The van der Waals surface area contributed by atoms with Gasteiger partial charge in [-0.3, -0.25) is 9.32 Å². The molecule has 0 aliphatic heterocycles. The maximum atomic E-state index is 13.7. The van der Waals surface area contributed by atoms with Gasteiger partial charge >= 0.3 is 13.7 Å². The number of esters is 1. The number of carbonyl (C=O) groups excluding carboxylic acids is 1. The number of nitrogens with one attached hydrogen (secondary N) is 1. The van der Waals surface area contributed by atoms with E-state index in [1.54, 1.807) is 51.4 Å². The summed E-state index contributed by atoms with van der Waals surface area (Å²) in [6.07, 6.45) is 5.89. The van der Waals surface area contributed by atoms with Crippen LogP contribution < -0.4 is 20.1 Å². The van der Waals surface area contributed by atoms with Gasteiger partial charge in [-0.1, -0.05) is 30.4 Å². The van der Waals surface area contributed by atoms with Crippen molar-refractivity contribution in [3.63, 3.8) is 0 Å². The lowest BCUT2D eigenvalue weighted by Crippen LogP contribution is -2.36. The molecule has 2 aromatic heterocycles. The number of imidazole rings is 1. The van der Waals surface area contributed by atoms with E-state index in [4.69, 9.17) is 24.3 Å². The molecule has 0 amide bonds. The third kappa shape index (κ3) is 7.35. The van der Waals surface area contributed by atoms with Crippen LogP contribution in [0.25, 0.3) is 11.2 Å². The van der Waals surface area contributed by atoms with E-state index in [1.165, 1.54) is 0 Å². The van der Waals surface area contributed by atoms with Crippen LogP contribution in [0.15, 0.2) is 48.8 Å². The fraction of sp³-hybridized carbons (Fsp3) is 0.462. The molecule has 1 aliphatic rings. The molecule has 0 unspecified atom stereocenters. The maximum Gasteiger partial charge on any atom is 0.459 e. The Morgan fingerprint density at radius 3 is 2.56 bits per heavy atom. The molecule has 0 saturated heterocycles. The molecule has 0 spiro atoms. The van der Waals surface area contributed by atoms with E-state index in [0.717, 1.165) is 0 Å². The molecule has 4 rings (SSSR count). The number of nitrogens with two attached hydrogens (primary N) is 1. The minimum absolute atomic E-state index is 0.0848. The average Bonchev–Trinajstić information content (AvgIpc) is 3.49. The van der Waals surface area contributed by atoms with Crippen molar-refractivity contribution in [3.05, 3.63) is 48.8 Å². The van der Waals surface area contributed by atoms with Gasteiger partial charge in [-0.25, -0.2) is 9.55 Å². The predicted octanol–water partition coefficient (Wildman–Crippen LogP) is 4.45. The van der Waals surface area contributed by atoms with Gasteiger partial charge in [0.15, 0.2) is 11.2 Å². The van der Waals surface area contributed by atoms with Crippen molar-refractivity contribution in [1.29, 1.82) is 0 Å². The van der Waals surface area contributed by atoms with Gasteiger partial charge < -0.3 is 24.3 Å². The first-order valence-electron chi connectivity index (χ1n) is 12.9. The number of carbonyl (C=O) groups is 1. The molecular formula is C26H35N6O6P. The molecular weight excluding hydrogens is 523 g/mol. The number of ether oxygens (including phenoxy) is 2. The van der Waals surface area contributed by atoms with Gasteiger partial charge in [-0.2, -0.15) is 15.1 Å². The summed E-state index contributed by atoms with van der Waals surface area (Å²) in [6.45, 7) is 8.91. The summed E-state index contributed by atoms with van der Waals surface area (Å²) in [5.41, 5.74) is 7.02. The predicted molar refractivity (Wildman–Crippen MR) is 146 cm³/mol. The summed E-state index contributed by atoms with van der Waals surface area (Å²) < 4.78 is 38.2. The fourth-order valence-electron chi connectivity index (χ4n) is 4.07. The number of para-hydroxylation sites is 1. The summed E-state index contributed by atoms with van der Waals surface area (Å²) in [7, 11) is -3.95. The van der Waals surface area contributed by atoms with Crippen LogP contribution in [0.4, 0.5) is 5.95 Å². The van der Waals surface area contributed by atoms with E-state index in [2.05, 4.69) is 20.0 Å². The molecule has 4 atom stereocenters. The molecule has 39 heavy (non-hydrogen) atoms. The standard InChI is InChI=1S/C26H35N6O6P/c1-16(2)36-24-22-23(29-26(27)30-24)32(15-28-22)20-12-11-19(13-20)14-35-39(34,38-21-9-7-6-8-10-21)31-18(5)25(33)37-17(3)4/h6-12,15-20H,13-14H2,1-5H3,(H,31,34)(H2,27,29,30)/t18-,19+,20-,39+/m0/s1. The van der Waals surface area contributed by atoms with E-state index in [-0.39, 0.29) is 36.7 Å². The van der Waals surface area contributed by atoms with Crippen molar-refractivity contribution >= 4 is 30.8 Å². The van der Waals surface area contributed by atoms with Gasteiger partial charge in [0.1, 0.15) is 11.8 Å². The van der Waals surface area contributed by atoms with Crippen LogP contribution in [-0.4, -0.2) is 50.3 Å². The first-order chi connectivity index (χ1) is 18.5. The number of aromatic nitrogens is 4. The number of nitrogen functional groups attached to an aromatic ring is 1. The lowest BCUT2D eigenvalue weighted by atomic mass is 10.1. The Bertz CT molecular complexity index is 1360. The van der Waals surface area contributed by atoms with Crippen molar-refractivity contribution in [1.82, 2.24) is 24.6 Å². The van der Waals surface area contributed by atoms with Crippen LogP contribution >= 0.6 is 7.75 Å². The number of nitrogens with zero attached hydrogens (tertiary/aromatic N) is 4. The molecule has 0 radical (unpaired) electrons. The topological polar surface area (TPSA) is 153 Å². The molecule has 13 heteroatoms. The van der Waals surface area contributed by atoms with Crippen molar-refractivity contribution in [2.75, 3.05) is 12.3 Å². The number of anilines is 1. The number of hydrogen-bond acceptors (Lipinski definition) is 10. The van der Waals surface area contributed by atoms with Crippen LogP contribution in [0.5, 0.6) is 11.6 Å². The largest absolute Gasteiger partial charge is 0.473 e. The van der Waals surface area contributed by atoms with Crippen LogP contribution in [0.1, 0.15) is 47.1 Å².